The summed E-state index contributed by atoms with van der Waals surface area (Å²) in [6.07, 6.45) is 0. The molecule has 2 N–H and O–H groups in total. The lowest BCUT2D eigenvalue weighted by Crippen LogP contribution is -2.43. The Morgan fingerprint density at radius 1 is 1.59 bits per heavy atom. The van der Waals surface area contributed by atoms with E-state index in [1.165, 1.54) is 4.57 Å². The van der Waals surface area contributed by atoms with E-state index < -0.39 is 0 Å². The minimum Gasteiger partial charge on any atom is -0.394 e. The average Bonchev–Trinajstić information content (AvgIpc) is 2.57. The van der Waals surface area contributed by atoms with Crippen molar-refractivity contribution < 1.29 is 9.90 Å². The number of hydrogen-bond donors (Lipinski definition) is 2. The van der Waals surface area contributed by atoms with Crippen molar-refractivity contribution in [2.45, 2.75) is 33.4 Å². The number of amides is 1. The minimum absolute atomic E-state index is 0.0113. The van der Waals surface area contributed by atoms with Gasteiger partial charge in [-0.1, -0.05) is 25.2 Å². The predicted octanol–water partition coefficient (Wildman–Crippen LogP) is 0.351. The van der Waals surface area contributed by atoms with Gasteiger partial charge in [0.05, 0.1) is 12.6 Å². The van der Waals surface area contributed by atoms with Crippen LogP contribution in [0.3, 0.4) is 0 Å². The number of aryl methyl sites for hydroxylation is 1. The van der Waals surface area contributed by atoms with Crippen LogP contribution in [0.15, 0.2) is 10.2 Å². The lowest BCUT2D eigenvalue weighted by Gasteiger charge is -2.20. The molecule has 5 nitrogen and oxygen atoms in total. The van der Waals surface area contributed by atoms with Crippen molar-refractivity contribution in [2.75, 3.05) is 6.61 Å². The molecule has 0 aliphatic heterocycles. The largest absolute Gasteiger partial charge is 0.394 e. The van der Waals surface area contributed by atoms with E-state index in [4.69, 9.17) is 5.11 Å². The third-order valence-corrected chi connectivity index (χ3v) is 3.51. The van der Waals surface area contributed by atoms with Crippen LogP contribution in [0.4, 0.5) is 0 Å². The molecule has 0 aromatic carbocycles. The maximum Gasteiger partial charge on any atom is 0.307 e. The van der Waals surface area contributed by atoms with E-state index in [1.807, 2.05) is 13.8 Å². The van der Waals surface area contributed by atoms with Crippen LogP contribution in [-0.2, 0) is 11.3 Å². The number of rotatable bonds is 5. The monoisotopic (exact) mass is 258 g/mol. The van der Waals surface area contributed by atoms with Crippen molar-refractivity contribution in [3.63, 3.8) is 0 Å². The van der Waals surface area contributed by atoms with Gasteiger partial charge in [-0.05, 0) is 12.8 Å². The van der Waals surface area contributed by atoms with Crippen molar-refractivity contribution in [2.24, 2.45) is 5.92 Å². The van der Waals surface area contributed by atoms with E-state index in [0.29, 0.717) is 0 Å². The third kappa shape index (κ3) is 3.67. The lowest BCUT2D eigenvalue weighted by molar-refractivity contribution is -0.123. The molecule has 1 aromatic rings. The second-order valence-electron chi connectivity index (χ2n) is 4.33. The number of aliphatic hydroxyl groups is 1. The van der Waals surface area contributed by atoms with Gasteiger partial charge in [-0.15, -0.1) is 0 Å². The number of nitrogens with zero attached hydrogens (tertiary/aromatic N) is 1. The first-order chi connectivity index (χ1) is 7.95. The SMILES string of the molecule is Cc1csc(=O)n1CC(=O)N[C@H](CO)C(C)C. The van der Waals surface area contributed by atoms with Crippen LogP contribution in [0.2, 0.25) is 0 Å². The molecule has 0 saturated carbocycles. The molecule has 6 heteroatoms. The Morgan fingerprint density at radius 3 is 2.65 bits per heavy atom. The zero-order chi connectivity index (χ0) is 13.0. The molecular weight excluding hydrogens is 240 g/mol. The fourth-order valence-electron chi connectivity index (χ4n) is 1.42. The summed E-state index contributed by atoms with van der Waals surface area (Å²) < 4.78 is 1.43. The number of carbonyl (C=O) groups is 1. The van der Waals surface area contributed by atoms with Gasteiger partial charge in [0.15, 0.2) is 0 Å². The smallest absolute Gasteiger partial charge is 0.307 e. The van der Waals surface area contributed by atoms with Crippen molar-refractivity contribution in [3.8, 4) is 0 Å². The Kier molecular flexibility index (Phi) is 4.89. The maximum atomic E-state index is 11.7. The summed E-state index contributed by atoms with van der Waals surface area (Å²) in [4.78, 5) is 23.0. The average molecular weight is 258 g/mol. The molecule has 1 atom stereocenters. The molecule has 0 aliphatic rings. The summed E-state index contributed by atoms with van der Waals surface area (Å²) in [7, 11) is 0. The zero-order valence-corrected chi connectivity index (χ0v) is 11.1. The fraction of sp³-hybridized carbons (Fsp3) is 0.636. The van der Waals surface area contributed by atoms with E-state index in [2.05, 4.69) is 5.32 Å². The highest BCUT2D eigenvalue weighted by Gasteiger charge is 2.16. The summed E-state index contributed by atoms with van der Waals surface area (Å²) >= 11 is 1.08. The van der Waals surface area contributed by atoms with Gasteiger partial charge < -0.3 is 10.4 Å². The van der Waals surface area contributed by atoms with Gasteiger partial charge in [-0.25, -0.2) is 0 Å². The minimum atomic E-state index is -0.267. The number of aliphatic hydroxyl groups excluding tert-OH is 1. The molecule has 1 amide bonds. The highest BCUT2D eigenvalue weighted by atomic mass is 32.1. The summed E-state index contributed by atoms with van der Waals surface area (Å²) in [5.74, 6) is -0.0920. The lowest BCUT2D eigenvalue weighted by atomic mass is 10.1. The zero-order valence-electron chi connectivity index (χ0n) is 10.3. The fourth-order valence-corrected chi connectivity index (χ4v) is 2.15. The first-order valence-corrected chi connectivity index (χ1v) is 6.38. The Bertz CT molecular complexity index is 436. The van der Waals surface area contributed by atoms with Crippen LogP contribution in [-0.4, -0.2) is 28.2 Å². The highest BCUT2D eigenvalue weighted by molar-refractivity contribution is 7.07. The second-order valence-corrected chi connectivity index (χ2v) is 5.15. The number of nitrogens with one attached hydrogen (secondary N) is 1. The van der Waals surface area contributed by atoms with E-state index in [9.17, 15) is 9.59 Å². The summed E-state index contributed by atoms with van der Waals surface area (Å²) in [5, 5.41) is 13.5. The van der Waals surface area contributed by atoms with Gasteiger partial charge in [-0.2, -0.15) is 0 Å². The molecule has 1 aromatic heterocycles. The molecule has 17 heavy (non-hydrogen) atoms. The predicted molar refractivity (Wildman–Crippen MR) is 67.2 cm³/mol. The van der Waals surface area contributed by atoms with Gasteiger partial charge in [0, 0.05) is 11.1 Å². The summed E-state index contributed by atoms with van der Waals surface area (Å²) in [5.41, 5.74) is 0.778. The van der Waals surface area contributed by atoms with Crippen LogP contribution in [0.25, 0.3) is 0 Å². The molecule has 0 radical (unpaired) electrons. The molecule has 0 spiro atoms. The van der Waals surface area contributed by atoms with E-state index in [1.54, 1.807) is 12.3 Å². The third-order valence-electron chi connectivity index (χ3n) is 2.63. The number of carbonyl (C=O) groups excluding carboxylic acids is 1. The van der Waals surface area contributed by atoms with Crippen molar-refractivity contribution in [1.82, 2.24) is 9.88 Å². The van der Waals surface area contributed by atoms with Crippen LogP contribution in [0.1, 0.15) is 19.5 Å². The van der Waals surface area contributed by atoms with Gasteiger partial charge in [0.2, 0.25) is 5.91 Å². The highest BCUT2D eigenvalue weighted by Crippen LogP contribution is 2.02. The standard InChI is InChI=1S/C11H18N2O3S/c1-7(2)9(5-14)12-10(15)4-13-8(3)6-17-11(13)16/h6-7,9,14H,4-5H2,1-3H3,(H,12,15)/t9-/m1/s1. The Balaban J connectivity index is 2.64. The Hall–Kier alpha value is -1.14. The molecule has 0 bridgehead atoms. The number of hydrogen-bond acceptors (Lipinski definition) is 4. The normalized spacial score (nSPS) is 12.8. The maximum absolute atomic E-state index is 11.7. The molecule has 0 aliphatic carbocycles. The Labute approximate surface area is 104 Å². The first-order valence-electron chi connectivity index (χ1n) is 5.50. The topological polar surface area (TPSA) is 71.3 Å². The molecule has 0 fully saturated rings. The molecule has 0 saturated heterocycles. The van der Waals surface area contributed by atoms with E-state index >= 15 is 0 Å². The van der Waals surface area contributed by atoms with E-state index in [-0.39, 0.29) is 35.9 Å². The van der Waals surface area contributed by atoms with Gasteiger partial charge >= 0.3 is 4.87 Å². The Morgan fingerprint density at radius 2 is 2.24 bits per heavy atom. The van der Waals surface area contributed by atoms with Crippen molar-refractivity contribution in [3.05, 3.63) is 20.7 Å². The van der Waals surface area contributed by atoms with Gasteiger partial charge in [0.1, 0.15) is 6.54 Å². The quantitative estimate of drug-likeness (QED) is 0.800. The van der Waals surface area contributed by atoms with Gasteiger partial charge in [0.25, 0.3) is 0 Å². The molecule has 0 unspecified atom stereocenters. The molecule has 96 valence electrons. The molecule has 1 rings (SSSR count). The molecular formula is C11H18N2O3S. The van der Waals surface area contributed by atoms with E-state index in [0.717, 1.165) is 17.0 Å². The number of aromatic nitrogens is 1. The molecule has 1 heterocycles. The van der Waals surface area contributed by atoms with Crippen LogP contribution < -0.4 is 10.2 Å². The van der Waals surface area contributed by atoms with Crippen molar-refractivity contribution in [1.29, 1.82) is 0 Å². The van der Waals surface area contributed by atoms with Crippen LogP contribution in [0, 0.1) is 12.8 Å². The summed E-state index contributed by atoms with van der Waals surface area (Å²) in [6.45, 7) is 5.54. The van der Waals surface area contributed by atoms with Gasteiger partial charge in [-0.3, -0.25) is 14.2 Å². The summed E-state index contributed by atoms with van der Waals surface area (Å²) in [6, 6.07) is -0.267. The van der Waals surface area contributed by atoms with Crippen LogP contribution in [0.5, 0.6) is 0 Å². The number of thiazole rings is 1. The van der Waals surface area contributed by atoms with Crippen molar-refractivity contribution >= 4 is 17.2 Å². The first kappa shape index (κ1) is 13.9. The second kappa shape index (κ2) is 5.97. The van der Waals surface area contributed by atoms with Crippen LogP contribution >= 0.6 is 11.3 Å².